The lowest BCUT2D eigenvalue weighted by molar-refractivity contribution is 0.438. The maximum Gasteiger partial charge on any atom is 0.0569 e. The Kier molecular flexibility index (Phi) is 3.44. The van der Waals surface area contributed by atoms with Gasteiger partial charge in [-0.05, 0) is 37.8 Å². The molecular formula is C13H21N3. The minimum Gasteiger partial charge on any atom is -0.370 e. The number of nitrogens with zero attached hydrogens (tertiary/aromatic N) is 2. The van der Waals surface area contributed by atoms with Crippen molar-refractivity contribution in [2.24, 2.45) is 11.7 Å². The third-order valence-corrected chi connectivity index (χ3v) is 3.39. The summed E-state index contributed by atoms with van der Waals surface area (Å²) in [5.74, 6) is 0.868. The quantitative estimate of drug-likeness (QED) is 0.830. The van der Waals surface area contributed by atoms with Gasteiger partial charge >= 0.3 is 0 Å². The number of nitrogens with two attached hydrogens (primary N) is 1. The average molecular weight is 219 g/mol. The van der Waals surface area contributed by atoms with Crippen LogP contribution in [0.15, 0.2) is 18.3 Å². The highest BCUT2D eigenvalue weighted by atomic mass is 15.1. The van der Waals surface area contributed by atoms with Gasteiger partial charge in [0.05, 0.1) is 17.6 Å². The van der Waals surface area contributed by atoms with Gasteiger partial charge < -0.3 is 10.6 Å². The third-order valence-electron chi connectivity index (χ3n) is 3.39. The Bertz CT molecular complexity index is 324. The van der Waals surface area contributed by atoms with Crippen LogP contribution in [0.4, 0.5) is 5.69 Å². The van der Waals surface area contributed by atoms with E-state index in [1.54, 1.807) is 0 Å². The molecule has 3 heteroatoms. The Morgan fingerprint density at radius 2 is 2.06 bits per heavy atom. The van der Waals surface area contributed by atoms with E-state index in [0.717, 1.165) is 24.7 Å². The van der Waals surface area contributed by atoms with Crippen molar-refractivity contribution < 1.29 is 0 Å². The van der Waals surface area contributed by atoms with Crippen molar-refractivity contribution in [3.63, 3.8) is 0 Å². The highest BCUT2D eigenvalue weighted by Gasteiger charge is 2.16. The maximum atomic E-state index is 5.78. The van der Waals surface area contributed by atoms with Crippen LogP contribution < -0.4 is 10.6 Å². The molecule has 0 bridgehead atoms. The van der Waals surface area contributed by atoms with E-state index >= 15 is 0 Å². The first-order valence-electron chi connectivity index (χ1n) is 6.13. The summed E-state index contributed by atoms with van der Waals surface area (Å²) in [7, 11) is 0. The Morgan fingerprint density at radius 1 is 1.38 bits per heavy atom. The Morgan fingerprint density at radius 3 is 2.56 bits per heavy atom. The second-order valence-corrected chi connectivity index (χ2v) is 4.90. The molecule has 16 heavy (non-hydrogen) atoms. The molecule has 1 fully saturated rings. The molecule has 1 aliphatic rings. The van der Waals surface area contributed by atoms with Crippen LogP contribution in [-0.2, 0) is 0 Å². The lowest BCUT2D eigenvalue weighted by atomic mass is 9.99. The number of anilines is 1. The maximum absolute atomic E-state index is 5.78. The largest absolute Gasteiger partial charge is 0.370 e. The molecule has 1 aromatic rings. The van der Waals surface area contributed by atoms with Crippen molar-refractivity contribution in [3.05, 3.63) is 24.0 Å². The summed E-state index contributed by atoms with van der Waals surface area (Å²) in [6.45, 7) is 6.60. The molecule has 0 saturated carbocycles. The molecule has 0 unspecified atom stereocenters. The number of pyridine rings is 1. The van der Waals surface area contributed by atoms with E-state index in [1.165, 1.54) is 18.5 Å². The first-order chi connectivity index (χ1) is 7.66. The van der Waals surface area contributed by atoms with E-state index in [9.17, 15) is 0 Å². The van der Waals surface area contributed by atoms with Crippen LogP contribution in [0.25, 0.3) is 0 Å². The van der Waals surface area contributed by atoms with Crippen LogP contribution in [0.1, 0.15) is 38.4 Å². The summed E-state index contributed by atoms with van der Waals surface area (Å²) in [4.78, 5) is 6.82. The lowest BCUT2D eigenvalue weighted by Crippen LogP contribution is -2.32. The standard InChI is InChI=1S/C13H21N3/c1-10-5-7-16(8-6-10)12-3-4-13(11(2)14)15-9-12/h3-4,9-11H,5-8,14H2,1-2H3/t11-/m1/s1. The molecule has 1 atom stereocenters. The van der Waals surface area contributed by atoms with Crippen molar-refractivity contribution in [2.75, 3.05) is 18.0 Å². The minimum absolute atomic E-state index is 0.0235. The van der Waals surface area contributed by atoms with Crippen LogP contribution in [0.3, 0.4) is 0 Å². The SMILES string of the molecule is CC1CCN(c2ccc([C@@H](C)N)nc2)CC1. The second-order valence-electron chi connectivity index (χ2n) is 4.90. The van der Waals surface area contributed by atoms with Gasteiger partial charge in [-0.15, -0.1) is 0 Å². The topological polar surface area (TPSA) is 42.1 Å². The molecular weight excluding hydrogens is 198 g/mol. The van der Waals surface area contributed by atoms with E-state index in [-0.39, 0.29) is 6.04 Å². The zero-order valence-corrected chi connectivity index (χ0v) is 10.2. The smallest absolute Gasteiger partial charge is 0.0569 e. The van der Waals surface area contributed by atoms with E-state index in [0.29, 0.717) is 0 Å². The first kappa shape index (κ1) is 11.4. The Hall–Kier alpha value is -1.09. The van der Waals surface area contributed by atoms with Crippen LogP contribution in [0.5, 0.6) is 0 Å². The van der Waals surface area contributed by atoms with Crippen LogP contribution in [0.2, 0.25) is 0 Å². The van der Waals surface area contributed by atoms with Crippen molar-refractivity contribution in [3.8, 4) is 0 Å². The van der Waals surface area contributed by atoms with Gasteiger partial charge in [0.15, 0.2) is 0 Å². The van der Waals surface area contributed by atoms with Gasteiger partial charge in [-0.1, -0.05) is 6.92 Å². The molecule has 2 rings (SSSR count). The van der Waals surface area contributed by atoms with Gasteiger partial charge in [0.25, 0.3) is 0 Å². The fraction of sp³-hybridized carbons (Fsp3) is 0.615. The van der Waals surface area contributed by atoms with Gasteiger partial charge in [-0.25, -0.2) is 0 Å². The van der Waals surface area contributed by atoms with Crippen LogP contribution in [0, 0.1) is 5.92 Å². The van der Waals surface area contributed by atoms with Gasteiger partial charge in [-0.3, -0.25) is 4.98 Å². The van der Waals surface area contributed by atoms with Crippen molar-refractivity contribution in [2.45, 2.75) is 32.7 Å². The average Bonchev–Trinajstić information content (AvgIpc) is 2.30. The molecule has 0 radical (unpaired) electrons. The van der Waals surface area contributed by atoms with E-state index < -0.39 is 0 Å². The number of aromatic nitrogens is 1. The van der Waals surface area contributed by atoms with E-state index in [2.05, 4.69) is 22.9 Å². The van der Waals surface area contributed by atoms with Crippen LogP contribution in [-0.4, -0.2) is 18.1 Å². The number of hydrogen-bond acceptors (Lipinski definition) is 3. The zero-order valence-electron chi connectivity index (χ0n) is 10.2. The fourth-order valence-electron chi connectivity index (χ4n) is 2.12. The number of piperidine rings is 1. The number of hydrogen-bond donors (Lipinski definition) is 1. The zero-order chi connectivity index (χ0) is 11.5. The van der Waals surface area contributed by atoms with Crippen molar-refractivity contribution in [1.29, 1.82) is 0 Å². The Balaban J connectivity index is 2.04. The highest BCUT2D eigenvalue weighted by molar-refractivity contribution is 5.45. The summed E-state index contributed by atoms with van der Waals surface area (Å²) in [6.07, 6.45) is 4.53. The van der Waals surface area contributed by atoms with Crippen molar-refractivity contribution in [1.82, 2.24) is 4.98 Å². The fourth-order valence-corrected chi connectivity index (χ4v) is 2.12. The molecule has 0 aliphatic carbocycles. The predicted molar refractivity (Wildman–Crippen MR) is 67.5 cm³/mol. The monoisotopic (exact) mass is 219 g/mol. The molecule has 3 nitrogen and oxygen atoms in total. The van der Waals surface area contributed by atoms with E-state index in [1.807, 2.05) is 19.2 Å². The molecule has 0 amide bonds. The Labute approximate surface area is 97.7 Å². The molecule has 1 aromatic heterocycles. The molecule has 0 aromatic carbocycles. The van der Waals surface area contributed by atoms with Crippen LogP contribution >= 0.6 is 0 Å². The molecule has 2 N–H and O–H groups in total. The summed E-state index contributed by atoms with van der Waals surface area (Å²) in [5, 5.41) is 0. The molecule has 1 saturated heterocycles. The van der Waals surface area contributed by atoms with Gasteiger partial charge in [0, 0.05) is 19.1 Å². The first-order valence-corrected chi connectivity index (χ1v) is 6.13. The molecule has 0 spiro atoms. The summed E-state index contributed by atoms with van der Waals surface area (Å²) < 4.78 is 0. The highest BCUT2D eigenvalue weighted by Crippen LogP contribution is 2.22. The van der Waals surface area contributed by atoms with Gasteiger partial charge in [-0.2, -0.15) is 0 Å². The summed E-state index contributed by atoms with van der Waals surface area (Å²) >= 11 is 0. The van der Waals surface area contributed by atoms with E-state index in [4.69, 9.17) is 5.73 Å². The molecule has 1 aliphatic heterocycles. The predicted octanol–water partition coefficient (Wildman–Crippen LogP) is 2.34. The second kappa shape index (κ2) is 4.83. The van der Waals surface area contributed by atoms with Gasteiger partial charge in [0.2, 0.25) is 0 Å². The summed E-state index contributed by atoms with van der Waals surface area (Å²) in [6, 6.07) is 4.20. The summed E-state index contributed by atoms with van der Waals surface area (Å²) in [5.41, 5.74) is 7.98. The normalized spacial score (nSPS) is 19.8. The lowest BCUT2D eigenvalue weighted by Gasteiger charge is -2.31. The number of rotatable bonds is 2. The van der Waals surface area contributed by atoms with Gasteiger partial charge in [0.1, 0.15) is 0 Å². The molecule has 88 valence electrons. The minimum atomic E-state index is 0.0235. The third kappa shape index (κ3) is 2.53. The molecule has 2 heterocycles. The van der Waals surface area contributed by atoms with Crippen molar-refractivity contribution >= 4 is 5.69 Å².